The Bertz CT molecular complexity index is 768. The summed E-state index contributed by atoms with van der Waals surface area (Å²) in [6.07, 6.45) is 1.91. The number of nitriles is 1. The third-order valence-electron chi connectivity index (χ3n) is 2.84. The van der Waals surface area contributed by atoms with Gasteiger partial charge in [-0.2, -0.15) is 5.26 Å². The second-order valence-corrected chi connectivity index (χ2v) is 5.63. The molecule has 0 aliphatic rings. The normalized spacial score (nSPS) is 10.0. The number of carbonyl (C=O) groups is 1. The molecular formula is C15H13Cl2N5O. The van der Waals surface area contributed by atoms with Crippen molar-refractivity contribution in [1.29, 1.82) is 5.26 Å². The fraction of sp³-hybridized carbons (Fsp3) is 0.200. The average Bonchev–Trinajstić information content (AvgIpc) is 2.47. The molecule has 0 fully saturated rings. The first-order valence-corrected chi connectivity index (χ1v) is 7.39. The maximum atomic E-state index is 12.1. The maximum absolute atomic E-state index is 12.1. The molecule has 23 heavy (non-hydrogen) atoms. The van der Waals surface area contributed by atoms with E-state index in [0.717, 1.165) is 16.3 Å². The summed E-state index contributed by atoms with van der Waals surface area (Å²) < 4.78 is 0. The Morgan fingerprint density at radius 2 is 1.87 bits per heavy atom. The van der Waals surface area contributed by atoms with E-state index in [4.69, 9.17) is 23.2 Å². The van der Waals surface area contributed by atoms with Gasteiger partial charge in [0.2, 0.25) is 11.9 Å². The zero-order valence-corrected chi connectivity index (χ0v) is 14.0. The molecular weight excluding hydrogens is 337 g/mol. The Balaban J connectivity index is 2.10. The molecule has 0 saturated heterocycles. The SMILES string of the molecule is Cc1cc(C)nc(N(C#N)CC(=O)Nc2ccc(Cl)c(Cl)c2)n1. The van der Waals surface area contributed by atoms with Crippen molar-refractivity contribution in [2.45, 2.75) is 13.8 Å². The van der Waals surface area contributed by atoms with Crippen molar-refractivity contribution < 1.29 is 4.79 Å². The molecule has 1 aromatic carbocycles. The molecule has 1 aromatic heterocycles. The number of rotatable bonds is 4. The van der Waals surface area contributed by atoms with Crippen molar-refractivity contribution in [3.63, 3.8) is 0 Å². The van der Waals surface area contributed by atoms with E-state index < -0.39 is 5.91 Å². The molecule has 0 atom stereocenters. The number of anilines is 2. The quantitative estimate of drug-likeness (QED) is 0.676. The van der Waals surface area contributed by atoms with Crippen LogP contribution in [-0.2, 0) is 4.79 Å². The number of nitrogens with one attached hydrogen (secondary N) is 1. The van der Waals surface area contributed by atoms with Crippen LogP contribution in [0.4, 0.5) is 11.6 Å². The van der Waals surface area contributed by atoms with Crippen LogP contribution in [0, 0.1) is 25.3 Å². The van der Waals surface area contributed by atoms with E-state index in [1.165, 1.54) is 6.07 Å². The molecule has 2 rings (SSSR count). The third-order valence-corrected chi connectivity index (χ3v) is 3.58. The van der Waals surface area contributed by atoms with E-state index in [9.17, 15) is 10.1 Å². The lowest BCUT2D eigenvalue weighted by Gasteiger charge is -2.14. The minimum atomic E-state index is -0.396. The molecule has 0 aliphatic heterocycles. The number of hydrogen-bond donors (Lipinski definition) is 1. The van der Waals surface area contributed by atoms with Crippen LogP contribution in [0.15, 0.2) is 24.3 Å². The molecule has 0 aliphatic carbocycles. The van der Waals surface area contributed by atoms with E-state index in [-0.39, 0.29) is 12.5 Å². The summed E-state index contributed by atoms with van der Waals surface area (Å²) in [4.78, 5) is 21.5. The van der Waals surface area contributed by atoms with Gasteiger partial charge in [-0.25, -0.2) is 14.9 Å². The van der Waals surface area contributed by atoms with Crippen molar-refractivity contribution in [1.82, 2.24) is 9.97 Å². The van der Waals surface area contributed by atoms with Crippen LogP contribution in [0.5, 0.6) is 0 Å². The summed E-state index contributed by atoms with van der Waals surface area (Å²) in [5.74, 6) is -0.206. The molecule has 2 aromatic rings. The molecule has 118 valence electrons. The summed E-state index contributed by atoms with van der Waals surface area (Å²) in [5, 5.41) is 12.6. The Labute approximate surface area is 143 Å². The number of nitrogens with zero attached hydrogens (tertiary/aromatic N) is 4. The van der Waals surface area contributed by atoms with E-state index in [2.05, 4.69) is 15.3 Å². The van der Waals surface area contributed by atoms with Crippen LogP contribution in [0.1, 0.15) is 11.4 Å². The first-order valence-electron chi connectivity index (χ1n) is 6.63. The number of amides is 1. The smallest absolute Gasteiger partial charge is 0.245 e. The van der Waals surface area contributed by atoms with E-state index in [0.29, 0.717) is 15.7 Å². The highest BCUT2D eigenvalue weighted by Crippen LogP contribution is 2.25. The standard InChI is InChI=1S/C15H13Cl2N5O/c1-9-5-10(2)20-15(19-9)22(8-18)7-14(23)21-11-3-4-12(16)13(17)6-11/h3-6H,7H2,1-2H3,(H,21,23). The van der Waals surface area contributed by atoms with E-state index in [1.807, 2.05) is 6.19 Å². The van der Waals surface area contributed by atoms with Gasteiger partial charge in [-0.1, -0.05) is 23.2 Å². The number of halogens is 2. The maximum Gasteiger partial charge on any atom is 0.245 e. The van der Waals surface area contributed by atoms with Crippen LogP contribution in [-0.4, -0.2) is 22.4 Å². The van der Waals surface area contributed by atoms with Crippen LogP contribution in [0.3, 0.4) is 0 Å². The molecule has 1 heterocycles. The van der Waals surface area contributed by atoms with Crippen molar-refractivity contribution >= 4 is 40.7 Å². The van der Waals surface area contributed by atoms with E-state index in [1.54, 1.807) is 32.0 Å². The van der Waals surface area contributed by atoms with Crippen molar-refractivity contribution in [2.75, 3.05) is 16.8 Å². The van der Waals surface area contributed by atoms with Crippen LogP contribution in [0.2, 0.25) is 10.0 Å². The number of hydrogen-bond acceptors (Lipinski definition) is 5. The molecule has 8 heteroatoms. The lowest BCUT2D eigenvalue weighted by Crippen LogP contribution is -2.31. The van der Waals surface area contributed by atoms with Gasteiger partial charge in [0.15, 0.2) is 6.19 Å². The van der Waals surface area contributed by atoms with Crippen LogP contribution >= 0.6 is 23.2 Å². The fourth-order valence-electron chi connectivity index (χ4n) is 1.90. The first-order chi connectivity index (χ1) is 10.9. The van der Waals surface area contributed by atoms with Gasteiger partial charge in [0.05, 0.1) is 10.0 Å². The van der Waals surface area contributed by atoms with Gasteiger partial charge in [-0.3, -0.25) is 4.79 Å². The predicted octanol–water partition coefficient (Wildman–Crippen LogP) is 3.33. The summed E-state index contributed by atoms with van der Waals surface area (Å²) in [7, 11) is 0. The second-order valence-electron chi connectivity index (χ2n) is 4.81. The highest BCUT2D eigenvalue weighted by molar-refractivity contribution is 6.42. The minimum absolute atomic E-state index is 0.189. The number of benzene rings is 1. The highest BCUT2D eigenvalue weighted by Gasteiger charge is 2.15. The monoisotopic (exact) mass is 349 g/mol. The molecule has 0 saturated carbocycles. The minimum Gasteiger partial charge on any atom is -0.324 e. The summed E-state index contributed by atoms with van der Waals surface area (Å²) in [6, 6.07) is 6.52. The lowest BCUT2D eigenvalue weighted by molar-refractivity contribution is -0.114. The van der Waals surface area contributed by atoms with Crippen LogP contribution in [0.25, 0.3) is 0 Å². The molecule has 0 spiro atoms. The fourth-order valence-corrected chi connectivity index (χ4v) is 2.19. The largest absolute Gasteiger partial charge is 0.324 e. The van der Waals surface area contributed by atoms with Gasteiger partial charge in [0.1, 0.15) is 6.54 Å². The van der Waals surface area contributed by atoms with Gasteiger partial charge in [-0.05, 0) is 38.1 Å². The zero-order valence-electron chi connectivity index (χ0n) is 12.5. The van der Waals surface area contributed by atoms with Gasteiger partial charge < -0.3 is 5.32 Å². The molecule has 0 unspecified atom stereocenters. The Morgan fingerprint density at radius 1 is 1.22 bits per heavy atom. The number of aryl methyl sites for hydroxylation is 2. The van der Waals surface area contributed by atoms with E-state index >= 15 is 0 Å². The highest BCUT2D eigenvalue weighted by atomic mass is 35.5. The topological polar surface area (TPSA) is 81.9 Å². The van der Waals surface area contributed by atoms with Crippen molar-refractivity contribution in [3.05, 3.63) is 45.7 Å². The molecule has 6 nitrogen and oxygen atoms in total. The summed E-state index contributed by atoms with van der Waals surface area (Å²) in [5.41, 5.74) is 1.93. The van der Waals surface area contributed by atoms with Gasteiger partial charge >= 0.3 is 0 Å². The Morgan fingerprint density at radius 3 is 2.43 bits per heavy atom. The van der Waals surface area contributed by atoms with Crippen LogP contribution < -0.4 is 10.2 Å². The van der Waals surface area contributed by atoms with Crippen molar-refractivity contribution in [2.24, 2.45) is 0 Å². The second kappa shape index (κ2) is 7.27. The average molecular weight is 350 g/mol. The molecule has 0 bridgehead atoms. The predicted molar refractivity (Wildman–Crippen MR) is 89.6 cm³/mol. The number of aromatic nitrogens is 2. The van der Waals surface area contributed by atoms with Gasteiger partial charge in [-0.15, -0.1) is 0 Å². The Kier molecular flexibility index (Phi) is 5.37. The molecule has 1 N–H and O–H groups in total. The van der Waals surface area contributed by atoms with Crippen molar-refractivity contribution in [3.8, 4) is 6.19 Å². The van der Waals surface area contributed by atoms with Gasteiger partial charge in [0.25, 0.3) is 0 Å². The van der Waals surface area contributed by atoms with Gasteiger partial charge in [0, 0.05) is 17.1 Å². The zero-order chi connectivity index (χ0) is 17.0. The Hall–Kier alpha value is -2.36. The summed E-state index contributed by atoms with van der Waals surface area (Å²) in [6.45, 7) is 3.38. The molecule has 0 radical (unpaired) electrons. The number of carbonyl (C=O) groups excluding carboxylic acids is 1. The summed E-state index contributed by atoms with van der Waals surface area (Å²) >= 11 is 11.7. The molecule has 1 amide bonds. The lowest BCUT2D eigenvalue weighted by atomic mass is 10.3. The third kappa shape index (κ3) is 4.55. The first kappa shape index (κ1) is 17.0.